The number of para-hydroxylation sites is 1. The van der Waals surface area contributed by atoms with Crippen LogP contribution in [0, 0.1) is 0 Å². The van der Waals surface area contributed by atoms with E-state index < -0.39 is 0 Å². The third kappa shape index (κ3) is 8.66. The number of nitrogens with one attached hydrogen (secondary N) is 2. The van der Waals surface area contributed by atoms with Gasteiger partial charge in [0.05, 0.1) is 12.2 Å². The van der Waals surface area contributed by atoms with Gasteiger partial charge in [-0.05, 0) is 52.3 Å². The van der Waals surface area contributed by atoms with Gasteiger partial charge in [0.2, 0.25) is 0 Å². The lowest BCUT2D eigenvalue weighted by Crippen LogP contribution is -2.45. The van der Waals surface area contributed by atoms with Crippen LogP contribution < -0.4 is 20.3 Å². The molecule has 2 unspecified atom stereocenters. The fraction of sp³-hybridized carbons (Fsp3) is 0.520. The Hall–Kier alpha value is -2.07. The summed E-state index contributed by atoms with van der Waals surface area (Å²) in [7, 11) is 1.77. The van der Waals surface area contributed by atoms with Crippen molar-refractivity contribution >= 4 is 35.8 Å². The lowest BCUT2D eigenvalue weighted by Gasteiger charge is -2.36. The van der Waals surface area contributed by atoms with Crippen LogP contribution in [0.25, 0.3) is 0 Å². The third-order valence-corrected chi connectivity index (χ3v) is 5.07. The summed E-state index contributed by atoms with van der Waals surface area (Å²) in [4.78, 5) is 11.3. The SMILES string of the molecule is CN=C(NCc1ccc(N2CC(C)OC(C)C2)nc1)NCc1ccccc1OC(C)(C)C.I. The molecule has 1 aromatic heterocycles. The van der Waals surface area contributed by atoms with Gasteiger partial charge in [0.25, 0.3) is 0 Å². The Labute approximate surface area is 215 Å². The van der Waals surface area contributed by atoms with Crippen molar-refractivity contribution < 1.29 is 9.47 Å². The minimum Gasteiger partial charge on any atom is -0.488 e. The van der Waals surface area contributed by atoms with Crippen LogP contribution in [-0.4, -0.2) is 48.9 Å². The van der Waals surface area contributed by atoms with E-state index in [-0.39, 0.29) is 41.8 Å². The second kappa shape index (κ2) is 12.4. The van der Waals surface area contributed by atoms with Gasteiger partial charge in [0.1, 0.15) is 17.2 Å². The smallest absolute Gasteiger partial charge is 0.191 e. The molecule has 182 valence electrons. The second-order valence-electron chi connectivity index (χ2n) is 9.29. The monoisotopic (exact) mass is 567 g/mol. The van der Waals surface area contributed by atoms with Crippen molar-refractivity contribution in [3.8, 4) is 5.75 Å². The zero-order chi connectivity index (χ0) is 23.1. The van der Waals surface area contributed by atoms with Crippen LogP contribution in [0.5, 0.6) is 5.75 Å². The Morgan fingerprint density at radius 3 is 2.36 bits per heavy atom. The number of ether oxygens (including phenoxy) is 2. The minimum absolute atomic E-state index is 0. The number of guanidine groups is 1. The minimum atomic E-state index is -0.244. The van der Waals surface area contributed by atoms with Gasteiger partial charge in [-0.15, -0.1) is 24.0 Å². The topological polar surface area (TPSA) is 71.0 Å². The summed E-state index contributed by atoms with van der Waals surface area (Å²) in [6, 6.07) is 12.3. The molecule has 0 amide bonds. The molecule has 2 N–H and O–H groups in total. The number of halogens is 1. The number of aliphatic imine (C=N–C) groups is 1. The largest absolute Gasteiger partial charge is 0.488 e. The van der Waals surface area contributed by atoms with Crippen LogP contribution in [0.15, 0.2) is 47.6 Å². The molecule has 0 saturated carbocycles. The molecule has 0 bridgehead atoms. The molecular weight excluding hydrogens is 529 g/mol. The maximum atomic E-state index is 6.08. The van der Waals surface area contributed by atoms with Crippen LogP contribution in [0.3, 0.4) is 0 Å². The first-order valence-electron chi connectivity index (χ1n) is 11.3. The molecule has 0 spiro atoms. The van der Waals surface area contributed by atoms with Crippen molar-refractivity contribution in [1.82, 2.24) is 15.6 Å². The Balaban J connectivity index is 0.00000385. The summed E-state index contributed by atoms with van der Waals surface area (Å²) in [5.41, 5.74) is 1.94. The number of pyridine rings is 1. The normalized spacial score (nSPS) is 19.0. The molecule has 0 aliphatic carbocycles. The molecule has 3 rings (SSSR count). The Morgan fingerprint density at radius 1 is 1.09 bits per heavy atom. The fourth-order valence-corrected chi connectivity index (χ4v) is 3.74. The molecule has 2 atom stereocenters. The summed E-state index contributed by atoms with van der Waals surface area (Å²) >= 11 is 0. The summed E-state index contributed by atoms with van der Waals surface area (Å²) in [6.45, 7) is 13.4. The fourth-order valence-electron chi connectivity index (χ4n) is 3.74. The Bertz CT molecular complexity index is 888. The molecule has 8 heteroatoms. The Morgan fingerprint density at radius 2 is 1.76 bits per heavy atom. The zero-order valence-electron chi connectivity index (χ0n) is 20.6. The van der Waals surface area contributed by atoms with Gasteiger partial charge in [-0.1, -0.05) is 24.3 Å². The highest BCUT2D eigenvalue weighted by molar-refractivity contribution is 14.0. The molecule has 1 aliphatic rings. The molecule has 2 aromatic rings. The number of rotatable bonds is 6. The van der Waals surface area contributed by atoms with E-state index in [1.165, 1.54) is 0 Å². The van der Waals surface area contributed by atoms with Crippen molar-refractivity contribution in [1.29, 1.82) is 0 Å². The first-order chi connectivity index (χ1) is 15.2. The predicted octanol–water partition coefficient (Wildman–Crippen LogP) is 4.36. The molecule has 7 nitrogen and oxygen atoms in total. The lowest BCUT2D eigenvalue weighted by atomic mass is 10.1. The average Bonchev–Trinajstić information content (AvgIpc) is 2.73. The standard InChI is InChI=1S/C25H37N5O2.HI/c1-18-16-30(17-19(2)31-18)23-12-11-20(13-27-23)14-28-24(26-6)29-15-21-9-7-8-10-22(21)32-25(3,4)5;/h7-13,18-19H,14-17H2,1-6H3,(H2,26,28,29);1H. The van der Waals surface area contributed by atoms with Gasteiger partial charge in [-0.25, -0.2) is 4.98 Å². The summed E-state index contributed by atoms with van der Waals surface area (Å²) in [6.07, 6.45) is 2.36. The number of hydrogen-bond acceptors (Lipinski definition) is 5. The van der Waals surface area contributed by atoms with Gasteiger partial charge >= 0.3 is 0 Å². The Kier molecular flexibility index (Phi) is 10.2. The van der Waals surface area contributed by atoms with Gasteiger partial charge < -0.3 is 25.0 Å². The third-order valence-electron chi connectivity index (χ3n) is 5.07. The predicted molar refractivity (Wildman–Crippen MR) is 146 cm³/mol. The van der Waals surface area contributed by atoms with E-state index >= 15 is 0 Å². The van der Waals surface area contributed by atoms with E-state index in [1.807, 2.05) is 24.4 Å². The lowest BCUT2D eigenvalue weighted by molar-refractivity contribution is -0.00546. The van der Waals surface area contributed by atoms with Crippen LogP contribution in [0.1, 0.15) is 45.7 Å². The van der Waals surface area contributed by atoms with Gasteiger partial charge in [0, 0.05) is 45.0 Å². The molecule has 1 aromatic carbocycles. The van der Waals surface area contributed by atoms with Crippen LogP contribution >= 0.6 is 24.0 Å². The van der Waals surface area contributed by atoms with Gasteiger partial charge in [-0.2, -0.15) is 0 Å². The van der Waals surface area contributed by atoms with Crippen molar-refractivity contribution in [3.05, 3.63) is 53.7 Å². The maximum Gasteiger partial charge on any atom is 0.191 e. The van der Waals surface area contributed by atoms with E-state index in [0.717, 1.165) is 41.7 Å². The van der Waals surface area contributed by atoms with Crippen LogP contribution in [0.2, 0.25) is 0 Å². The molecule has 1 saturated heterocycles. The number of morpholine rings is 1. The van der Waals surface area contributed by atoms with Gasteiger partial charge in [0.15, 0.2) is 5.96 Å². The maximum absolute atomic E-state index is 6.08. The highest BCUT2D eigenvalue weighted by atomic mass is 127. The van der Waals surface area contributed by atoms with E-state index in [1.54, 1.807) is 7.05 Å². The van der Waals surface area contributed by atoms with E-state index in [4.69, 9.17) is 9.47 Å². The molecule has 1 aliphatic heterocycles. The average molecular weight is 568 g/mol. The number of benzene rings is 1. The molecule has 2 heterocycles. The molecule has 0 radical (unpaired) electrons. The summed E-state index contributed by atoms with van der Waals surface area (Å²) in [5, 5.41) is 6.73. The van der Waals surface area contributed by atoms with E-state index in [0.29, 0.717) is 13.1 Å². The van der Waals surface area contributed by atoms with Crippen LogP contribution in [-0.2, 0) is 17.8 Å². The number of hydrogen-bond donors (Lipinski definition) is 2. The van der Waals surface area contributed by atoms with Crippen molar-refractivity contribution in [2.24, 2.45) is 4.99 Å². The van der Waals surface area contributed by atoms with Crippen molar-refractivity contribution in [3.63, 3.8) is 0 Å². The number of aromatic nitrogens is 1. The van der Waals surface area contributed by atoms with Crippen molar-refractivity contribution in [2.45, 2.75) is 65.5 Å². The summed E-state index contributed by atoms with van der Waals surface area (Å²) < 4.78 is 11.9. The molecule has 33 heavy (non-hydrogen) atoms. The van der Waals surface area contributed by atoms with E-state index in [2.05, 4.69) is 78.3 Å². The first kappa shape index (κ1) is 27.2. The molecule has 1 fully saturated rings. The molecular formula is C25H38IN5O2. The number of anilines is 1. The first-order valence-corrected chi connectivity index (χ1v) is 11.3. The highest BCUT2D eigenvalue weighted by Gasteiger charge is 2.23. The zero-order valence-corrected chi connectivity index (χ0v) is 22.9. The highest BCUT2D eigenvalue weighted by Crippen LogP contribution is 2.23. The quantitative estimate of drug-likeness (QED) is 0.307. The van der Waals surface area contributed by atoms with Gasteiger partial charge in [-0.3, -0.25) is 4.99 Å². The second-order valence-corrected chi connectivity index (χ2v) is 9.29. The summed E-state index contributed by atoms with van der Waals surface area (Å²) in [5.74, 6) is 2.61. The van der Waals surface area contributed by atoms with Crippen LogP contribution in [0.4, 0.5) is 5.82 Å². The van der Waals surface area contributed by atoms with E-state index in [9.17, 15) is 0 Å². The van der Waals surface area contributed by atoms with Crippen molar-refractivity contribution in [2.75, 3.05) is 25.0 Å². The number of nitrogens with zero attached hydrogens (tertiary/aromatic N) is 3.